The monoisotopic (exact) mass is 418 g/mol. The van der Waals surface area contributed by atoms with Crippen LogP contribution in [0.2, 0.25) is 0 Å². The first-order valence-corrected chi connectivity index (χ1v) is 11.0. The Kier molecular flexibility index (Phi) is 8.04. The summed E-state index contributed by atoms with van der Waals surface area (Å²) in [6.45, 7) is 4.99. The Morgan fingerprint density at radius 1 is 1.00 bits per heavy atom. The summed E-state index contributed by atoms with van der Waals surface area (Å²) >= 11 is 0. The van der Waals surface area contributed by atoms with Crippen molar-refractivity contribution >= 4 is 27.4 Å². The van der Waals surface area contributed by atoms with E-state index in [-0.39, 0.29) is 17.0 Å². The van der Waals surface area contributed by atoms with Gasteiger partial charge in [-0.15, -0.1) is 0 Å². The third kappa shape index (κ3) is 6.47. The number of carbonyl (C=O) groups is 1. The quantitative estimate of drug-likeness (QED) is 0.612. The molecule has 7 nitrogen and oxygen atoms in total. The lowest BCUT2D eigenvalue weighted by atomic mass is 10.3. The predicted octanol–water partition coefficient (Wildman–Crippen LogP) is 3.36. The number of benzene rings is 2. The summed E-state index contributed by atoms with van der Waals surface area (Å²) in [4.78, 5) is 14.4. The van der Waals surface area contributed by atoms with Gasteiger partial charge in [-0.25, -0.2) is 13.2 Å². The SMILES string of the molecule is CC(C)N(C)S(=O)(=O)c1ccc(NC(=O)NCCCN(C)c2ccccc2)cc1. The van der Waals surface area contributed by atoms with E-state index in [4.69, 9.17) is 0 Å². The maximum Gasteiger partial charge on any atom is 0.319 e. The van der Waals surface area contributed by atoms with Crippen molar-refractivity contribution in [3.63, 3.8) is 0 Å². The molecule has 0 aromatic heterocycles. The van der Waals surface area contributed by atoms with Crippen LogP contribution in [0.15, 0.2) is 59.5 Å². The van der Waals surface area contributed by atoms with Crippen LogP contribution in [0.3, 0.4) is 0 Å². The number of carbonyl (C=O) groups excluding carboxylic acids is 1. The van der Waals surface area contributed by atoms with Crippen LogP contribution < -0.4 is 15.5 Å². The summed E-state index contributed by atoms with van der Waals surface area (Å²) in [5, 5.41) is 5.53. The third-order valence-corrected chi connectivity index (χ3v) is 6.72. The fourth-order valence-electron chi connectivity index (χ4n) is 2.66. The average molecular weight is 419 g/mol. The molecule has 0 bridgehead atoms. The van der Waals surface area contributed by atoms with Gasteiger partial charge in [0.25, 0.3) is 0 Å². The Morgan fingerprint density at radius 3 is 2.21 bits per heavy atom. The molecule has 0 aliphatic carbocycles. The number of para-hydroxylation sites is 1. The minimum absolute atomic E-state index is 0.135. The van der Waals surface area contributed by atoms with Crippen LogP contribution in [0.5, 0.6) is 0 Å². The van der Waals surface area contributed by atoms with Crippen LogP contribution in [0.4, 0.5) is 16.2 Å². The molecule has 0 aliphatic heterocycles. The fourth-order valence-corrected chi connectivity index (χ4v) is 4.03. The van der Waals surface area contributed by atoms with Gasteiger partial charge in [0.2, 0.25) is 10.0 Å². The summed E-state index contributed by atoms with van der Waals surface area (Å²) in [6.07, 6.45) is 0.803. The van der Waals surface area contributed by atoms with E-state index in [9.17, 15) is 13.2 Å². The predicted molar refractivity (Wildman–Crippen MR) is 118 cm³/mol. The van der Waals surface area contributed by atoms with Crippen molar-refractivity contribution in [2.24, 2.45) is 0 Å². The number of nitrogens with one attached hydrogen (secondary N) is 2. The maximum atomic E-state index is 12.5. The summed E-state index contributed by atoms with van der Waals surface area (Å²) in [5.74, 6) is 0. The molecule has 0 spiro atoms. The van der Waals surface area contributed by atoms with E-state index in [1.165, 1.54) is 16.4 Å². The molecule has 0 aliphatic rings. The summed E-state index contributed by atoms with van der Waals surface area (Å²) in [6, 6.07) is 15.8. The highest BCUT2D eigenvalue weighted by atomic mass is 32.2. The Morgan fingerprint density at radius 2 is 1.62 bits per heavy atom. The van der Waals surface area contributed by atoms with Gasteiger partial charge >= 0.3 is 6.03 Å². The van der Waals surface area contributed by atoms with Gasteiger partial charge in [0, 0.05) is 44.6 Å². The molecule has 2 rings (SSSR count). The van der Waals surface area contributed by atoms with Gasteiger partial charge in [-0.05, 0) is 56.7 Å². The zero-order valence-corrected chi connectivity index (χ0v) is 18.2. The molecular formula is C21H30N4O3S. The van der Waals surface area contributed by atoms with E-state index in [1.807, 2.05) is 51.2 Å². The van der Waals surface area contributed by atoms with E-state index < -0.39 is 10.0 Å². The first kappa shape index (κ1) is 22.7. The third-order valence-electron chi connectivity index (χ3n) is 4.67. The Hall–Kier alpha value is -2.58. The van der Waals surface area contributed by atoms with Crippen LogP contribution in [-0.2, 0) is 10.0 Å². The standard InChI is InChI=1S/C21H30N4O3S/c1-17(2)25(4)29(27,28)20-13-11-18(12-14-20)23-21(26)22-15-8-16-24(3)19-9-6-5-7-10-19/h5-7,9-14,17H,8,15-16H2,1-4H3,(H2,22,23,26). The number of amides is 2. The Bertz CT molecular complexity index is 884. The van der Waals surface area contributed by atoms with Gasteiger partial charge in [0.1, 0.15) is 0 Å². The molecule has 2 amide bonds. The average Bonchev–Trinajstić information content (AvgIpc) is 2.71. The molecule has 2 aromatic carbocycles. The van der Waals surface area contributed by atoms with Crippen molar-refractivity contribution in [1.29, 1.82) is 0 Å². The van der Waals surface area contributed by atoms with Gasteiger partial charge in [-0.1, -0.05) is 18.2 Å². The number of urea groups is 1. The second kappa shape index (κ2) is 10.3. The minimum Gasteiger partial charge on any atom is -0.375 e. The van der Waals surface area contributed by atoms with Crippen molar-refractivity contribution in [2.45, 2.75) is 31.2 Å². The largest absolute Gasteiger partial charge is 0.375 e. The molecule has 2 aromatic rings. The molecule has 0 saturated heterocycles. The molecule has 2 N–H and O–H groups in total. The van der Waals surface area contributed by atoms with Gasteiger partial charge in [0.05, 0.1) is 4.90 Å². The Labute approximate surface area is 173 Å². The van der Waals surface area contributed by atoms with Crippen molar-refractivity contribution in [3.8, 4) is 0 Å². The normalized spacial score (nSPS) is 11.5. The summed E-state index contributed by atoms with van der Waals surface area (Å²) < 4.78 is 26.2. The van der Waals surface area contributed by atoms with E-state index in [1.54, 1.807) is 19.2 Å². The number of rotatable bonds is 9. The van der Waals surface area contributed by atoms with Crippen LogP contribution in [0.1, 0.15) is 20.3 Å². The molecule has 0 fully saturated rings. The van der Waals surface area contributed by atoms with Crippen LogP contribution in [0, 0.1) is 0 Å². The molecule has 0 heterocycles. The first-order valence-electron chi connectivity index (χ1n) is 9.61. The molecule has 158 valence electrons. The van der Waals surface area contributed by atoms with E-state index >= 15 is 0 Å². The summed E-state index contributed by atoms with van der Waals surface area (Å²) in [7, 11) is 0.0342. The molecular weight excluding hydrogens is 388 g/mol. The number of sulfonamides is 1. The zero-order chi connectivity index (χ0) is 21.4. The van der Waals surface area contributed by atoms with Crippen molar-refractivity contribution in [2.75, 3.05) is 37.4 Å². The number of hydrogen-bond acceptors (Lipinski definition) is 4. The minimum atomic E-state index is -3.53. The number of hydrogen-bond donors (Lipinski definition) is 2. The molecule has 8 heteroatoms. The Balaban J connectivity index is 1.79. The zero-order valence-electron chi connectivity index (χ0n) is 17.4. The van der Waals surface area contributed by atoms with E-state index in [0.29, 0.717) is 12.2 Å². The number of nitrogens with zero attached hydrogens (tertiary/aromatic N) is 2. The molecule has 29 heavy (non-hydrogen) atoms. The molecule has 0 saturated carbocycles. The second-order valence-electron chi connectivity index (χ2n) is 7.13. The first-order chi connectivity index (χ1) is 13.7. The van der Waals surface area contributed by atoms with Crippen LogP contribution in [-0.4, -0.2) is 52.0 Å². The van der Waals surface area contributed by atoms with Crippen LogP contribution >= 0.6 is 0 Å². The highest BCUT2D eigenvalue weighted by molar-refractivity contribution is 7.89. The van der Waals surface area contributed by atoms with Gasteiger partial charge in [0.15, 0.2) is 0 Å². The van der Waals surface area contributed by atoms with E-state index in [2.05, 4.69) is 15.5 Å². The van der Waals surface area contributed by atoms with Gasteiger partial charge < -0.3 is 15.5 Å². The van der Waals surface area contributed by atoms with Crippen molar-refractivity contribution < 1.29 is 13.2 Å². The second-order valence-corrected chi connectivity index (χ2v) is 9.13. The fraction of sp³-hybridized carbons (Fsp3) is 0.381. The van der Waals surface area contributed by atoms with Gasteiger partial charge in [-0.3, -0.25) is 0 Å². The molecule has 0 atom stereocenters. The maximum absolute atomic E-state index is 12.5. The van der Waals surface area contributed by atoms with Crippen molar-refractivity contribution in [3.05, 3.63) is 54.6 Å². The topological polar surface area (TPSA) is 81.8 Å². The van der Waals surface area contributed by atoms with Crippen LogP contribution in [0.25, 0.3) is 0 Å². The highest BCUT2D eigenvalue weighted by Crippen LogP contribution is 2.19. The summed E-state index contributed by atoms with van der Waals surface area (Å²) in [5.41, 5.74) is 1.67. The highest BCUT2D eigenvalue weighted by Gasteiger charge is 2.22. The van der Waals surface area contributed by atoms with E-state index in [0.717, 1.165) is 18.7 Å². The van der Waals surface area contributed by atoms with Gasteiger partial charge in [-0.2, -0.15) is 4.31 Å². The number of anilines is 2. The lowest BCUT2D eigenvalue weighted by Crippen LogP contribution is -2.33. The smallest absolute Gasteiger partial charge is 0.319 e. The lowest BCUT2D eigenvalue weighted by molar-refractivity contribution is 0.252. The van der Waals surface area contributed by atoms with Crippen molar-refractivity contribution in [1.82, 2.24) is 9.62 Å². The lowest BCUT2D eigenvalue weighted by Gasteiger charge is -2.21. The molecule has 0 unspecified atom stereocenters. The molecule has 0 radical (unpaired) electrons.